The molecule has 0 atom stereocenters. The molecule has 3 N–H and O–H groups in total. The Morgan fingerprint density at radius 3 is 3.00 bits per heavy atom. The fourth-order valence-electron chi connectivity index (χ4n) is 0.893. The Bertz CT molecular complexity index is 243. The van der Waals surface area contributed by atoms with E-state index in [9.17, 15) is 0 Å². The van der Waals surface area contributed by atoms with Gasteiger partial charge in [0.2, 0.25) is 0 Å². The third kappa shape index (κ3) is 2.09. The minimum atomic E-state index is 0.459. The summed E-state index contributed by atoms with van der Waals surface area (Å²) >= 11 is 0. The first kappa shape index (κ1) is 7.82. The van der Waals surface area contributed by atoms with Crippen molar-refractivity contribution in [1.29, 1.82) is 0 Å². The van der Waals surface area contributed by atoms with Gasteiger partial charge < -0.3 is 11.1 Å². The van der Waals surface area contributed by atoms with Gasteiger partial charge in [0.15, 0.2) is 0 Å². The normalized spacial score (nSPS) is 9.18. The van der Waals surface area contributed by atoms with E-state index in [2.05, 4.69) is 11.9 Å². The maximum Gasteiger partial charge on any atom is 0.0628 e. The Hall–Kier alpha value is -1.28. The van der Waals surface area contributed by atoms with E-state index in [1.54, 1.807) is 0 Å². The lowest BCUT2D eigenvalue weighted by atomic mass is 10.2. The number of nitrogens with two attached hydrogens (primary N) is 1. The van der Waals surface area contributed by atoms with Gasteiger partial charge in [0.05, 0.1) is 6.67 Å². The molecule has 2 nitrogen and oxygen atoms in total. The Labute approximate surface area is 66.7 Å². The second kappa shape index (κ2) is 3.78. The molecule has 0 unspecified atom stereocenters. The van der Waals surface area contributed by atoms with Crippen molar-refractivity contribution in [2.45, 2.75) is 0 Å². The monoisotopic (exact) mass is 148 g/mol. The van der Waals surface area contributed by atoms with Gasteiger partial charge in [-0.15, -0.1) is 0 Å². The van der Waals surface area contributed by atoms with E-state index in [0.717, 1.165) is 11.3 Å². The fourth-order valence-corrected chi connectivity index (χ4v) is 0.893. The van der Waals surface area contributed by atoms with Crippen LogP contribution in [0.4, 0.5) is 5.69 Å². The highest BCUT2D eigenvalue weighted by molar-refractivity contribution is 5.55. The highest BCUT2D eigenvalue weighted by atomic mass is 15.0. The standard InChI is InChI=1S/C9H12N2/c1-2-8-4-3-5-9(6-8)11-7-10/h2-6,11H,1,7,10H2. The second-order valence-electron chi connectivity index (χ2n) is 2.21. The summed E-state index contributed by atoms with van der Waals surface area (Å²) < 4.78 is 0. The van der Waals surface area contributed by atoms with Crippen molar-refractivity contribution in [3.8, 4) is 0 Å². The van der Waals surface area contributed by atoms with Gasteiger partial charge in [-0.3, -0.25) is 0 Å². The van der Waals surface area contributed by atoms with Crippen LogP contribution in [0, 0.1) is 0 Å². The summed E-state index contributed by atoms with van der Waals surface area (Å²) in [6.45, 7) is 4.13. The first-order valence-corrected chi connectivity index (χ1v) is 3.53. The van der Waals surface area contributed by atoms with Crippen LogP contribution in [-0.2, 0) is 0 Å². The maximum absolute atomic E-state index is 5.32. The van der Waals surface area contributed by atoms with E-state index in [1.165, 1.54) is 0 Å². The van der Waals surface area contributed by atoms with Crippen LogP contribution in [0.5, 0.6) is 0 Å². The van der Waals surface area contributed by atoms with Crippen LogP contribution in [-0.4, -0.2) is 6.67 Å². The number of hydrogen-bond acceptors (Lipinski definition) is 2. The van der Waals surface area contributed by atoms with Gasteiger partial charge >= 0.3 is 0 Å². The van der Waals surface area contributed by atoms with Crippen LogP contribution >= 0.6 is 0 Å². The Balaban J connectivity index is 2.82. The zero-order valence-corrected chi connectivity index (χ0v) is 6.38. The molecule has 0 aliphatic carbocycles. The molecule has 0 aliphatic heterocycles. The van der Waals surface area contributed by atoms with Crippen molar-refractivity contribution in [2.75, 3.05) is 12.0 Å². The molecule has 1 rings (SSSR count). The van der Waals surface area contributed by atoms with E-state index in [1.807, 2.05) is 30.3 Å². The number of nitrogens with one attached hydrogen (secondary N) is 1. The summed E-state index contributed by atoms with van der Waals surface area (Å²) in [7, 11) is 0. The van der Waals surface area contributed by atoms with Crippen molar-refractivity contribution >= 4 is 11.8 Å². The van der Waals surface area contributed by atoms with Crippen LogP contribution in [0.25, 0.3) is 6.08 Å². The van der Waals surface area contributed by atoms with Crippen LogP contribution < -0.4 is 11.1 Å². The summed E-state index contributed by atoms with van der Waals surface area (Å²) in [6, 6.07) is 7.93. The molecule has 1 aromatic rings. The van der Waals surface area contributed by atoms with E-state index in [-0.39, 0.29) is 0 Å². The average molecular weight is 148 g/mol. The van der Waals surface area contributed by atoms with Gasteiger partial charge in [0.25, 0.3) is 0 Å². The molecule has 0 radical (unpaired) electrons. The Kier molecular flexibility index (Phi) is 2.69. The Morgan fingerprint density at radius 1 is 1.55 bits per heavy atom. The van der Waals surface area contributed by atoms with Crippen molar-refractivity contribution in [3.63, 3.8) is 0 Å². The molecule has 2 heteroatoms. The summed E-state index contributed by atoms with van der Waals surface area (Å²) in [4.78, 5) is 0. The summed E-state index contributed by atoms with van der Waals surface area (Å²) in [6.07, 6.45) is 1.81. The lowest BCUT2D eigenvalue weighted by Gasteiger charge is -2.02. The zero-order chi connectivity index (χ0) is 8.10. The topological polar surface area (TPSA) is 38.0 Å². The molecule has 0 heterocycles. The lowest BCUT2D eigenvalue weighted by Crippen LogP contribution is -2.10. The van der Waals surface area contributed by atoms with Crippen molar-refractivity contribution in [2.24, 2.45) is 5.73 Å². The fraction of sp³-hybridized carbons (Fsp3) is 0.111. The van der Waals surface area contributed by atoms with Gasteiger partial charge in [0.1, 0.15) is 0 Å². The lowest BCUT2D eigenvalue weighted by molar-refractivity contribution is 1.14. The molecule has 0 spiro atoms. The molecule has 0 saturated carbocycles. The van der Waals surface area contributed by atoms with Crippen molar-refractivity contribution < 1.29 is 0 Å². The second-order valence-corrected chi connectivity index (χ2v) is 2.21. The smallest absolute Gasteiger partial charge is 0.0628 e. The Morgan fingerprint density at radius 2 is 2.36 bits per heavy atom. The predicted octanol–water partition coefficient (Wildman–Crippen LogP) is 1.66. The predicted molar refractivity (Wildman–Crippen MR) is 49.2 cm³/mol. The summed E-state index contributed by atoms with van der Waals surface area (Å²) in [5.41, 5.74) is 7.45. The van der Waals surface area contributed by atoms with Gasteiger partial charge in [-0.1, -0.05) is 24.8 Å². The van der Waals surface area contributed by atoms with E-state index >= 15 is 0 Å². The number of hydrogen-bond donors (Lipinski definition) is 2. The van der Waals surface area contributed by atoms with Gasteiger partial charge in [-0.05, 0) is 17.7 Å². The SMILES string of the molecule is C=Cc1cccc(NCN)c1. The molecule has 11 heavy (non-hydrogen) atoms. The molecule has 0 aromatic heterocycles. The summed E-state index contributed by atoms with van der Waals surface area (Å²) in [5.74, 6) is 0. The molecular weight excluding hydrogens is 136 g/mol. The molecule has 1 aromatic carbocycles. The van der Waals surface area contributed by atoms with Gasteiger partial charge in [-0.2, -0.15) is 0 Å². The minimum absolute atomic E-state index is 0.459. The zero-order valence-electron chi connectivity index (χ0n) is 6.38. The van der Waals surface area contributed by atoms with Crippen LogP contribution in [0.3, 0.4) is 0 Å². The van der Waals surface area contributed by atoms with E-state index < -0.39 is 0 Å². The maximum atomic E-state index is 5.32. The molecule has 0 fully saturated rings. The molecule has 0 saturated heterocycles. The van der Waals surface area contributed by atoms with E-state index in [4.69, 9.17) is 5.73 Å². The van der Waals surface area contributed by atoms with Crippen molar-refractivity contribution in [3.05, 3.63) is 36.4 Å². The molecular formula is C9H12N2. The minimum Gasteiger partial charge on any atom is -0.373 e. The largest absolute Gasteiger partial charge is 0.373 e. The van der Waals surface area contributed by atoms with Crippen molar-refractivity contribution in [1.82, 2.24) is 0 Å². The average Bonchev–Trinajstić information content (AvgIpc) is 2.06. The first-order valence-electron chi connectivity index (χ1n) is 3.53. The number of rotatable bonds is 3. The molecule has 58 valence electrons. The van der Waals surface area contributed by atoms with Gasteiger partial charge in [-0.25, -0.2) is 0 Å². The molecule has 0 amide bonds. The third-order valence-electron chi connectivity index (χ3n) is 1.43. The highest BCUT2D eigenvalue weighted by Crippen LogP contribution is 2.10. The quantitative estimate of drug-likeness (QED) is 0.640. The molecule has 0 bridgehead atoms. The van der Waals surface area contributed by atoms with Gasteiger partial charge in [0, 0.05) is 5.69 Å². The third-order valence-corrected chi connectivity index (χ3v) is 1.43. The van der Waals surface area contributed by atoms with Crippen LogP contribution in [0.2, 0.25) is 0 Å². The summed E-state index contributed by atoms with van der Waals surface area (Å²) in [5, 5.41) is 3.01. The first-order chi connectivity index (χ1) is 5.36. The number of benzene rings is 1. The van der Waals surface area contributed by atoms with Crippen LogP contribution in [0.15, 0.2) is 30.8 Å². The molecule has 0 aliphatic rings. The highest BCUT2D eigenvalue weighted by Gasteiger charge is 1.88. The number of anilines is 1. The van der Waals surface area contributed by atoms with Crippen LogP contribution in [0.1, 0.15) is 5.56 Å². The van der Waals surface area contributed by atoms with E-state index in [0.29, 0.717) is 6.67 Å².